The zero-order chi connectivity index (χ0) is 8.55. The van der Waals surface area contributed by atoms with Gasteiger partial charge in [0.05, 0.1) is 0 Å². The van der Waals surface area contributed by atoms with Gasteiger partial charge in [-0.3, -0.25) is 4.68 Å². The maximum atomic E-state index is 8.68. The third kappa shape index (κ3) is 0.839. The second-order valence-electron chi connectivity index (χ2n) is 2.51. The Bertz CT molecular complexity index is 463. The molecule has 0 bridgehead atoms. The van der Waals surface area contributed by atoms with Crippen molar-refractivity contribution in [1.82, 2.24) is 14.8 Å². The van der Waals surface area contributed by atoms with Crippen LogP contribution in [0.2, 0.25) is 0 Å². The highest BCUT2D eigenvalue weighted by Crippen LogP contribution is 2.12. The Morgan fingerprint density at radius 1 is 1.58 bits per heavy atom. The highest BCUT2D eigenvalue weighted by molar-refractivity contribution is 5.81. The van der Waals surface area contributed by atoms with Gasteiger partial charge in [0, 0.05) is 24.8 Å². The fourth-order valence-corrected chi connectivity index (χ4v) is 1.15. The minimum absolute atomic E-state index is 0.383. The fraction of sp³-hybridized carbons (Fsp3) is 0.125. The SMILES string of the molecule is Cn1cc2ccnc(C#N)c2n1. The van der Waals surface area contributed by atoms with E-state index < -0.39 is 0 Å². The minimum Gasteiger partial charge on any atom is -0.274 e. The van der Waals surface area contributed by atoms with Gasteiger partial charge in [-0.25, -0.2) is 4.98 Å². The summed E-state index contributed by atoms with van der Waals surface area (Å²) in [6, 6.07) is 3.83. The standard InChI is InChI=1S/C8H6N4/c1-12-5-6-2-3-10-7(4-9)8(6)11-12/h2-3,5H,1H3. The number of aryl methyl sites for hydroxylation is 1. The molecule has 58 valence electrons. The van der Waals surface area contributed by atoms with E-state index in [9.17, 15) is 0 Å². The van der Waals surface area contributed by atoms with Gasteiger partial charge < -0.3 is 0 Å². The molecule has 2 heterocycles. The first kappa shape index (κ1) is 6.80. The van der Waals surface area contributed by atoms with Crippen LogP contribution in [0.3, 0.4) is 0 Å². The summed E-state index contributed by atoms with van der Waals surface area (Å²) in [5.41, 5.74) is 1.05. The highest BCUT2D eigenvalue weighted by Gasteiger charge is 2.03. The van der Waals surface area contributed by atoms with Gasteiger partial charge in [0.1, 0.15) is 11.6 Å². The summed E-state index contributed by atoms with van der Waals surface area (Å²) in [7, 11) is 1.82. The zero-order valence-electron chi connectivity index (χ0n) is 6.52. The van der Waals surface area contributed by atoms with Crippen LogP contribution in [0.15, 0.2) is 18.5 Å². The largest absolute Gasteiger partial charge is 0.274 e. The minimum atomic E-state index is 0.383. The molecular weight excluding hydrogens is 152 g/mol. The average Bonchev–Trinajstić information content (AvgIpc) is 2.44. The van der Waals surface area contributed by atoms with Crippen molar-refractivity contribution in [3.8, 4) is 6.07 Å². The molecule has 4 nitrogen and oxygen atoms in total. The Morgan fingerprint density at radius 3 is 3.17 bits per heavy atom. The number of nitrogens with zero attached hydrogens (tertiary/aromatic N) is 4. The van der Waals surface area contributed by atoms with E-state index in [0.29, 0.717) is 11.2 Å². The normalized spacial score (nSPS) is 10.0. The first-order valence-electron chi connectivity index (χ1n) is 3.50. The third-order valence-corrected chi connectivity index (χ3v) is 1.65. The van der Waals surface area contributed by atoms with Crippen molar-refractivity contribution < 1.29 is 0 Å². The molecule has 2 aromatic rings. The first-order chi connectivity index (χ1) is 5.81. The summed E-state index contributed by atoms with van der Waals surface area (Å²) in [5.74, 6) is 0. The van der Waals surface area contributed by atoms with Crippen molar-refractivity contribution in [2.45, 2.75) is 0 Å². The van der Waals surface area contributed by atoms with Crippen LogP contribution in [0.4, 0.5) is 0 Å². The van der Waals surface area contributed by atoms with Gasteiger partial charge in [-0.1, -0.05) is 0 Å². The van der Waals surface area contributed by atoms with Crippen LogP contribution in [0.25, 0.3) is 10.9 Å². The highest BCUT2D eigenvalue weighted by atomic mass is 15.2. The molecule has 0 spiro atoms. The Labute approximate surface area is 69.1 Å². The van der Waals surface area contributed by atoms with E-state index in [-0.39, 0.29) is 0 Å². The number of aromatic nitrogens is 3. The van der Waals surface area contributed by atoms with Crippen LogP contribution < -0.4 is 0 Å². The van der Waals surface area contributed by atoms with E-state index in [1.165, 1.54) is 0 Å². The number of hydrogen-bond donors (Lipinski definition) is 0. The maximum absolute atomic E-state index is 8.68. The van der Waals surface area contributed by atoms with E-state index in [0.717, 1.165) is 5.39 Å². The molecule has 2 rings (SSSR count). The molecule has 0 saturated heterocycles. The lowest BCUT2D eigenvalue weighted by atomic mass is 10.3. The van der Waals surface area contributed by atoms with E-state index in [1.807, 2.05) is 25.4 Å². The molecule has 0 aromatic carbocycles. The van der Waals surface area contributed by atoms with Crippen molar-refractivity contribution in [3.63, 3.8) is 0 Å². The van der Waals surface area contributed by atoms with Gasteiger partial charge in [0.15, 0.2) is 5.69 Å². The summed E-state index contributed by atoms with van der Waals surface area (Å²) in [4.78, 5) is 3.90. The molecule has 0 N–H and O–H groups in total. The van der Waals surface area contributed by atoms with Crippen LogP contribution in [0, 0.1) is 11.3 Å². The Morgan fingerprint density at radius 2 is 2.42 bits per heavy atom. The molecule has 12 heavy (non-hydrogen) atoms. The van der Waals surface area contributed by atoms with Gasteiger partial charge in [0.2, 0.25) is 0 Å². The van der Waals surface area contributed by atoms with Crippen LogP contribution in [0.1, 0.15) is 5.69 Å². The molecule has 4 heteroatoms. The van der Waals surface area contributed by atoms with Gasteiger partial charge in [0.25, 0.3) is 0 Å². The monoisotopic (exact) mass is 158 g/mol. The predicted molar refractivity (Wildman–Crippen MR) is 43.2 cm³/mol. The lowest BCUT2D eigenvalue weighted by Gasteiger charge is -1.86. The Kier molecular flexibility index (Phi) is 1.31. The number of fused-ring (bicyclic) bond motifs is 1. The lowest BCUT2D eigenvalue weighted by molar-refractivity contribution is 0.779. The molecule has 0 aliphatic heterocycles. The summed E-state index contributed by atoms with van der Waals surface area (Å²) in [6.45, 7) is 0. The molecule has 0 atom stereocenters. The van der Waals surface area contributed by atoms with Crippen molar-refractivity contribution in [1.29, 1.82) is 5.26 Å². The summed E-state index contributed by atoms with van der Waals surface area (Å²) in [6.07, 6.45) is 3.47. The maximum Gasteiger partial charge on any atom is 0.168 e. The second-order valence-corrected chi connectivity index (χ2v) is 2.51. The number of nitriles is 1. The topological polar surface area (TPSA) is 54.5 Å². The smallest absolute Gasteiger partial charge is 0.168 e. The summed E-state index contributed by atoms with van der Waals surface area (Å²) >= 11 is 0. The summed E-state index contributed by atoms with van der Waals surface area (Å²) < 4.78 is 1.67. The fourth-order valence-electron chi connectivity index (χ4n) is 1.15. The number of hydrogen-bond acceptors (Lipinski definition) is 3. The molecule has 0 aliphatic carbocycles. The first-order valence-corrected chi connectivity index (χ1v) is 3.50. The van der Waals surface area contributed by atoms with Crippen LogP contribution in [-0.4, -0.2) is 14.8 Å². The van der Waals surface area contributed by atoms with Gasteiger partial charge >= 0.3 is 0 Å². The molecule has 0 fully saturated rings. The van der Waals surface area contributed by atoms with Crippen molar-refractivity contribution in [3.05, 3.63) is 24.2 Å². The van der Waals surface area contributed by atoms with Crippen LogP contribution in [-0.2, 0) is 7.05 Å². The van der Waals surface area contributed by atoms with E-state index in [4.69, 9.17) is 5.26 Å². The van der Waals surface area contributed by atoms with Gasteiger partial charge in [-0.05, 0) is 6.07 Å². The van der Waals surface area contributed by atoms with Crippen LogP contribution in [0.5, 0.6) is 0 Å². The molecule has 0 radical (unpaired) electrons. The number of rotatable bonds is 0. The predicted octanol–water partition coefficient (Wildman–Crippen LogP) is 0.840. The molecule has 2 aromatic heterocycles. The van der Waals surface area contributed by atoms with E-state index in [2.05, 4.69) is 10.1 Å². The van der Waals surface area contributed by atoms with E-state index in [1.54, 1.807) is 10.9 Å². The second kappa shape index (κ2) is 2.31. The molecular formula is C8H6N4. The van der Waals surface area contributed by atoms with E-state index >= 15 is 0 Å². The van der Waals surface area contributed by atoms with Crippen molar-refractivity contribution >= 4 is 10.9 Å². The van der Waals surface area contributed by atoms with Gasteiger partial charge in [-0.2, -0.15) is 10.4 Å². The van der Waals surface area contributed by atoms with Crippen molar-refractivity contribution in [2.75, 3.05) is 0 Å². The molecule has 0 unspecified atom stereocenters. The quantitative estimate of drug-likeness (QED) is 0.570. The Balaban J connectivity index is 2.89. The van der Waals surface area contributed by atoms with Crippen molar-refractivity contribution in [2.24, 2.45) is 7.05 Å². The molecule has 0 saturated carbocycles. The Hall–Kier alpha value is -1.89. The summed E-state index contributed by atoms with van der Waals surface area (Å²) in [5, 5.41) is 13.7. The molecule has 0 amide bonds. The number of pyridine rings is 1. The van der Waals surface area contributed by atoms with Gasteiger partial charge in [-0.15, -0.1) is 0 Å². The molecule has 0 aliphatic rings. The lowest BCUT2D eigenvalue weighted by Crippen LogP contribution is -1.87. The van der Waals surface area contributed by atoms with Crippen LogP contribution >= 0.6 is 0 Å². The third-order valence-electron chi connectivity index (χ3n) is 1.65. The average molecular weight is 158 g/mol. The zero-order valence-corrected chi connectivity index (χ0v) is 6.52.